The maximum absolute atomic E-state index is 14.3. The molecular weight excluding hydrogens is 735 g/mol. The highest BCUT2D eigenvalue weighted by Gasteiger charge is 2.55. The molecule has 2 N–H and O–H groups in total. The third-order valence-electron chi connectivity index (χ3n) is 10.2. The average Bonchev–Trinajstić information content (AvgIpc) is 3.03. The van der Waals surface area contributed by atoms with Gasteiger partial charge in [0.25, 0.3) is 0 Å². The van der Waals surface area contributed by atoms with E-state index in [-0.39, 0.29) is 11.8 Å². The molecule has 0 aromatic heterocycles. The highest BCUT2D eigenvalue weighted by atomic mass is 28.4. The molecule has 0 heterocycles. The maximum atomic E-state index is 14.3. The van der Waals surface area contributed by atoms with Gasteiger partial charge in [0.2, 0.25) is 0 Å². The van der Waals surface area contributed by atoms with Gasteiger partial charge >= 0.3 is 18.0 Å². The summed E-state index contributed by atoms with van der Waals surface area (Å²) in [4.78, 5) is 40.8. The van der Waals surface area contributed by atoms with E-state index in [1.165, 1.54) is 14.0 Å². The molecule has 0 aromatic carbocycles. The standard InChI is InChI=1S/C42H75NO10Si2/c1-29-18-21-33(45)22-19-30(2)26-36(43-39(47)52-40(5,6)7)42(11,38(46)48-12)37(51-32(4)44)31(3)35(53-55(16,17)41(8,9)10)27-34(23-20-29)50-28-49-24-25-54(13,14)15/h18-20,22-23,26,31,33-37,45H,21,24-25,27-28H2,1-17H3,(H,43,47)/b22-19+,23-20+,29-18+,30-26+/t31-,33+,34-,35-,36-,37+,42+/m1/s1. The van der Waals surface area contributed by atoms with Gasteiger partial charge in [0.15, 0.2) is 8.32 Å². The molecule has 0 saturated heterocycles. The molecule has 0 fully saturated rings. The Hall–Kier alpha value is -2.56. The number of allylic oxidation sites excluding steroid dienone is 4. The van der Waals surface area contributed by atoms with Crippen LogP contribution in [0, 0.1) is 11.3 Å². The van der Waals surface area contributed by atoms with Crippen LogP contribution in [0.1, 0.15) is 89.0 Å². The number of aliphatic hydroxyl groups excluding tert-OH is 1. The summed E-state index contributed by atoms with van der Waals surface area (Å²) < 4.78 is 36.9. The summed E-state index contributed by atoms with van der Waals surface area (Å²) in [6.07, 6.45) is 7.74. The lowest BCUT2D eigenvalue weighted by atomic mass is 9.70. The molecule has 1 aliphatic carbocycles. The van der Waals surface area contributed by atoms with Gasteiger partial charge in [0.05, 0.1) is 31.5 Å². The van der Waals surface area contributed by atoms with E-state index in [0.29, 0.717) is 25.0 Å². The van der Waals surface area contributed by atoms with E-state index in [9.17, 15) is 19.5 Å². The van der Waals surface area contributed by atoms with Crippen LogP contribution in [0.25, 0.3) is 0 Å². The summed E-state index contributed by atoms with van der Waals surface area (Å²) in [5.74, 6) is -1.98. The summed E-state index contributed by atoms with van der Waals surface area (Å²) in [7, 11) is -2.59. The summed E-state index contributed by atoms with van der Waals surface area (Å²) in [6, 6.07) is -0.117. The lowest BCUT2D eigenvalue weighted by Crippen LogP contribution is -2.61. The Bertz CT molecular complexity index is 1390. The minimum absolute atomic E-state index is 0.0617. The van der Waals surface area contributed by atoms with Crippen LogP contribution in [-0.4, -0.2) is 96.1 Å². The molecular formula is C42H75NO10Si2. The van der Waals surface area contributed by atoms with Gasteiger partial charge in [-0.15, -0.1) is 0 Å². The largest absolute Gasteiger partial charge is 0.468 e. The molecule has 13 heteroatoms. The van der Waals surface area contributed by atoms with E-state index in [1.54, 1.807) is 52.8 Å². The minimum atomic E-state index is -2.52. The first kappa shape index (κ1) is 50.5. The lowest BCUT2D eigenvalue weighted by Gasteiger charge is -2.47. The normalized spacial score (nSPS) is 29.7. The Morgan fingerprint density at radius 3 is 2.11 bits per heavy atom. The van der Waals surface area contributed by atoms with Gasteiger partial charge in [-0.1, -0.05) is 94.9 Å². The molecule has 0 radical (unpaired) electrons. The number of alkyl carbamates (subject to hydrolysis) is 1. The zero-order valence-electron chi connectivity index (χ0n) is 37.1. The molecule has 1 rings (SSSR count). The quantitative estimate of drug-likeness (QED) is 0.0684. The van der Waals surface area contributed by atoms with Crippen molar-refractivity contribution < 1.29 is 47.6 Å². The predicted molar refractivity (Wildman–Crippen MR) is 225 cm³/mol. The van der Waals surface area contributed by atoms with Crippen molar-refractivity contribution in [1.29, 1.82) is 0 Å². The Balaban J connectivity index is 4.17. The van der Waals surface area contributed by atoms with Crippen molar-refractivity contribution in [3.05, 3.63) is 47.6 Å². The first-order valence-electron chi connectivity index (χ1n) is 19.5. The van der Waals surface area contributed by atoms with E-state index < -0.39 is 81.8 Å². The van der Waals surface area contributed by atoms with E-state index in [2.05, 4.69) is 58.8 Å². The van der Waals surface area contributed by atoms with Crippen LogP contribution < -0.4 is 5.32 Å². The molecule has 0 aromatic rings. The van der Waals surface area contributed by atoms with Crippen molar-refractivity contribution in [2.75, 3.05) is 20.5 Å². The van der Waals surface area contributed by atoms with Crippen molar-refractivity contribution in [3.8, 4) is 0 Å². The van der Waals surface area contributed by atoms with Crippen molar-refractivity contribution in [1.82, 2.24) is 5.32 Å². The third kappa shape index (κ3) is 17.6. The van der Waals surface area contributed by atoms with Gasteiger partial charge in [-0.3, -0.25) is 9.59 Å². The summed E-state index contributed by atoms with van der Waals surface area (Å²) in [5, 5.41) is 13.6. The monoisotopic (exact) mass is 809 g/mol. The fourth-order valence-electron chi connectivity index (χ4n) is 5.81. The summed E-state index contributed by atoms with van der Waals surface area (Å²) >= 11 is 0. The number of carbonyl (C=O) groups excluding carboxylic acids is 3. The van der Waals surface area contributed by atoms with E-state index in [1.807, 2.05) is 32.1 Å². The lowest BCUT2D eigenvalue weighted by molar-refractivity contribution is -0.179. The Morgan fingerprint density at radius 1 is 0.982 bits per heavy atom. The number of esters is 2. The number of methoxy groups -OCH3 is 1. The number of amides is 1. The van der Waals surface area contributed by atoms with Gasteiger partial charge < -0.3 is 38.5 Å². The number of hydrogen-bond acceptors (Lipinski definition) is 10. The van der Waals surface area contributed by atoms with Crippen LogP contribution in [0.4, 0.5) is 4.79 Å². The molecule has 55 heavy (non-hydrogen) atoms. The van der Waals surface area contributed by atoms with Crippen molar-refractivity contribution in [2.24, 2.45) is 11.3 Å². The van der Waals surface area contributed by atoms with Crippen molar-refractivity contribution >= 4 is 34.4 Å². The molecule has 1 aliphatic rings. The second-order valence-electron chi connectivity index (χ2n) is 18.9. The average molecular weight is 810 g/mol. The van der Waals surface area contributed by atoms with Crippen LogP contribution in [-0.2, 0) is 37.7 Å². The summed E-state index contributed by atoms with van der Waals surface area (Å²) in [6.45, 7) is 32.1. The van der Waals surface area contributed by atoms with Gasteiger partial charge in [-0.25, -0.2) is 4.79 Å². The minimum Gasteiger partial charge on any atom is -0.468 e. The number of nitrogens with one attached hydrogen (secondary N) is 1. The molecule has 0 aliphatic heterocycles. The Morgan fingerprint density at radius 2 is 1.58 bits per heavy atom. The zero-order valence-corrected chi connectivity index (χ0v) is 39.1. The predicted octanol–water partition coefficient (Wildman–Crippen LogP) is 8.87. The molecule has 0 spiro atoms. The second kappa shape index (κ2) is 21.3. The van der Waals surface area contributed by atoms with Crippen molar-refractivity contribution in [2.45, 2.75) is 169 Å². The highest BCUT2D eigenvalue weighted by molar-refractivity contribution is 6.76. The molecule has 1 amide bonds. The molecule has 0 unspecified atom stereocenters. The van der Waals surface area contributed by atoms with Crippen LogP contribution in [0.15, 0.2) is 47.6 Å². The molecule has 7 atom stereocenters. The van der Waals surface area contributed by atoms with Gasteiger partial charge in [-0.05, 0) is 72.1 Å². The van der Waals surface area contributed by atoms with E-state index in [4.69, 9.17) is 28.1 Å². The molecule has 0 saturated carbocycles. The van der Waals surface area contributed by atoms with Gasteiger partial charge in [-0.2, -0.15) is 0 Å². The summed E-state index contributed by atoms with van der Waals surface area (Å²) in [5.41, 5.74) is -0.990. The topological polar surface area (TPSA) is 139 Å². The maximum Gasteiger partial charge on any atom is 0.408 e. The third-order valence-corrected chi connectivity index (χ3v) is 16.4. The zero-order chi connectivity index (χ0) is 42.6. The van der Waals surface area contributed by atoms with E-state index >= 15 is 0 Å². The number of rotatable bonds is 11. The van der Waals surface area contributed by atoms with Crippen molar-refractivity contribution in [3.63, 3.8) is 0 Å². The van der Waals surface area contributed by atoms with Crippen LogP contribution in [0.2, 0.25) is 43.8 Å². The van der Waals surface area contributed by atoms with Crippen LogP contribution >= 0.6 is 0 Å². The van der Waals surface area contributed by atoms with Gasteiger partial charge in [0, 0.05) is 33.9 Å². The molecule has 0 bridgehead atoms. The highest BCUT2D eigenvalue weighted by Crippen LogP contribution is 2.43. The number of carbonyl (C=O) groups is 3. The molecule has 11 nitrogen and oxygen atoms in total. The Labute approximate surface area is 334 Å². The first-order valence-corrected chi connectivity index (χ1v) is 26.2. The first-order chi connectivity index (χ1) is 25.0. The molecule has 316 valence electrons. The fourth-order valence-corrected chi connectivity index (χ4v) is 7.99. The van der Waals surface area contributed by atoms with Crippen LogP contribution in [0.3, 0.4) is 0 Å². The van der Waals surface area contributed by atoms with E-state index in [0.717, 1.165) is 11.6 Å². The smallest absolute Gasteiger partial charge is 0.408 e. The van der Waals surface area contributed by atoms with Gasteiger partial charge in [0.1, 0.15) is 23.9 Å². The second-order valence-corrected chi connectivity index (χ2v) is 29.2. The Kier molecular flexibility index (Phi) is 19.5. The fraction of sp³-hybridized carbons (Fsp3) is 0.738. The number of hydrogen-bond donors (Lipinski definition) is 2. The number of ether oxygens (including phenoxy) is 5. The number of aliphatic hydroxyl groups is 1. The SMILES string of the molecule is COC(=O)[C@@]1(C)[C@H](NC(=O)OC(C)(C)C)/C=C(C)/C=C/[C@@H](O)C/C=C(C)/C=C/[C@@H](OCOCC[Si](C)(C)C)C[C@@H](O[Si](C)(C)C(C)(C)C)[C@@H](C)[C@@H]1OC(C)=O. The van der Waals surface area contributed by atoms with Crippen LogP contribution in [0.5, 0.6) is 0 Å².